The number of carbonyl (C=O) groups is 3. The first-order valence-corrected chi connectivity index (χ1v) is 6.91. The molecule has 0 saturated heterocycles. The number of nitrogens with zero attached hydrogens (tertiary/aromatic N) is 1. The first-order valence-electron chi connectivity index (χ1n) is 6.91. The number of aliphatic imine (C=N–C) groups is 1. The van der Waals surface area contributed by atoms with Crippen LogP contribution in [0.3, 0.4) is 0 Å². The van der Waals surface area contributed by atoms with Crippen molar-refractivity contribution in [3.05, 3.63) is 35.9 Å². The highest BCUT2D eigenvalue weighted by atomic mass is 16.3. The van der Waals surface area contributed by atoms with Crippen LogP contribution in [-0.4, -0.2) is 41.8 Å². The average molecular weight is 287 g/mol. The largest absolute Gasteiger partial charge is 0.394 e. The molecule has 0 aromatic heterocycles. The summed E-state index contributed by atoms with van der Waals surface area (Å²) in [6.07, 6.45) is 1.73. The Kier molecular flexibility index (Phi) is 5.11. The molecule has 1 N–H and O–H groups in total. The van der Waals surface area contributed by atoms with E-state index in [4.69, 9.17) is 5.11 Å². The lowest BCUT2D eigenvalue weighted by Crippen LogP contribution is -2.40. The molecule has 1 saturated carbocycles. The summed E-state index contributed by atoms with van der Waals surface area (Å²) in [7, 11) is 0. The van der Waals surface area contributed by atoms with Gasteiger partial charge in [0.1, 0.15) is 11.7 Å². The van der Waals surface area contributed by atoms with Crippen LogP contribution in [0, 0.1) is 11.8 Å². The highest BCUT2D eigenvalue weighted by Crippen LogP contribution is 2.25. The molecule has 0 amide bonds. The highest BCUT2D eigenvalue weighted by molar-refractivity contribution is 6.23. The predicted molar refractivity (Wildman–Crippen MR) is 77.4 cm³/mol. The first kappa shape index (κ1) is 15.3. The topological polar surface area (TPSA) is 83.8 Å². The summed E-state index contributed by atoms with van der Waals surface area (Å²) in [4.78, 5) is 40.4. The standard InChI is InChI=1S/C16H17NO4/c18-9-8-17-10-13-14(19)7-6-12(16(13)21)15(20)11-4-2-1-3-5-11/h1-5,10,12-13,18H,6-9H2. The Hall–Kier alpha value is -2.14. The van der Waals surface area contributed by atoms with E-state index in [2.05, 4.69) is 4.99 Å². The molecule has 0 bridgehead atoms. The Bertz CT molecular complexity index is 565. The minimum atomic E-state index is -0.956. The van der Waals surface area contributed by atoms with Gasteiger partial charge in [0.05, 0.1) is 19.1 Å². The molecule has 1 aromatic carbocycles. The Labute approximate surface area is 122 Å². The molecule has 0 heterocycles. The van der Waals surface area contributed by atoms with Crippen molar-refractivity contribution >= 4 is 23.6 Å². The molecule has 1 fully saturated rings. The van der Waals surface area contributed by atoms with Gasteiger partial charge in [0.15, 0.2) is 11.6 Å². The molecule has 5 heteroatoms. The molecule has 2 rings (SSSR count). The van der Waals surface area contributed by atoms with E-state index in [1.807, 2.05) is 0 Å². The van der Waals surface area contributed by atoms with Crippen molar-refractivity contribution in [2.24, 2.45) is 16.8 Å². The lowest BCUT2D eigenvalue weighted by Gasteiger charge is -2.23. The molecule has 1 aliphatic carbocycles. The fraction of sp³-hybridized carbons (Fsp3) is 0.375. The predicted octanol–water partition coefficient (Wildman–Crippen LogP) is 1.10. The number of hydrogen-bond acceptors (Lipinski definition) is 5. The molecule has 1 aliphatic rings. The van der Waals surface area contributed by atoms with Crippen LogP contribution in [0.4, 0.5) is 0 Å². The van der Waals surface area contributed by atoms with Crippen molar-refractivity contribution in [1.29, 1.82) is 0 Å². The molecule has 21 heavy (non-hydrogen) atoms. The third kappa shape index (κ3) is 3.49. The lowest BCUT2D eigenvalue weighted by molar-refractivity contribution is -0.134. The van der Waals surface area contributed by atoms with Crippen LogP contribution >= 0.6 is 0 Å². The van der Waals surface area contributed by atoms with Crippen molar-refractivity contribution < 1.29 is 19.5 Å². The maximum atomic E-state index is 12.4. The van der Waals surface area contributed by atoms with Crippen LogP contribution in [0.2, 0.25) is 0 Å². The summed E-state index contributed by atoms with van der Waals surface area (Å²) in [5, 5.41) is 8.68. The Morgan fingerprint density at radius 1 is 1.29 bits per heavy atom. The quantitative estimate of drug-likeness (QED) is 0.499. The monoisotopic (exact) mass is 287 g/mol. The van der Waals surface area contributed by atoms with Gasteiger partial charge in [-0.3, -0.25) is 19.4 Å². The van der Waals surface area contributed by atoms with Crippen molar-refractivity contribution in [3.8, 4) is 0 Å². The zero-order chi connectivity index (χ0) is 15.2. The third-order valence-electron chi connectivity index (χ3n) is 3.53. The molecule has 0 spiro atoms. The lowest BCUT2D eigenvalue weighted by atomic mass is 9.76. The Balaban J connectivity index is 2.16. The van der Waals surface area contributed by atoms with Gasteiger partial charge in [0.25, 0.3) is 0 Å². The second-order valence-corrected chi connectivity index (χ2v) is 4.95. The van der Waals surface area contributed by atoms with Gasteiger partial charge >= 0.3 is 0 Å². The van der Waals surface area contributed by atoms with E-state index in [0.717, 1.165) is 0 Å². The van der Waals surface area contributed by atoms with Gasteiger partial charge in [0.2, 0.25) is 0 Å². The van der Waals surface area contributed by atoms with Gasteiger partial charge in [0, 0.05) is 18.2 Å². The van der Waals surface area contributed by atoms with E-state index in [9.17, 15) is 14.4 Å². The minimum absolute atomic E-state index is 0.141. The number of carbonyl (C=O) groups excluding carboxylic acids is 3. The summed E-state index contributed by atoms with van der Waals surface area (Å²) >= 11 is 0. The number of aliphatic hydroxyl groups excluding tert-OH is 1. The summed E-state index contributed by atoms with van der Waals surface area (Å²) in [6, 6.07) is 8.62. The summed E-state index contributed by atoms with van der Waals surface area (Å²) in [6.45, 7) is 0.00628. The van der Waals surface area contributed by atoms with Crippen molar-refractivity contribution in [3.63, 3.8) is 0 Å². The fourth-order valence-electron chi connectivity index (χ4n) is 2.42. The molecule has 0 aliphatic heterocycles. The van der Waals surface area contributed by atoms with Gasteiger partial charge in [-0.2, -0.15) is 0 Å². The maximum absolute atomic E-state index is 12.4. The summed E-state index contributed by atoms with van der Waals surface area (Å²) in [5.74, 6) is -2.58. The molecular formula is C16H17NO4. The summed E-state index contributed by atoms with van der Waals surface area (Å²) < 4.78 is 0. The van der Waals surface area contributed by atoms with Gasteiger partial charge < -0.3 is 5.11 Å². The van der Waals surface area contributed by atoms with E-state index in [0.29, 0.717) is 5.56 Å². The van der Waals surface area contributed by atoms with Crippen molar-refractivity contribution in [2.45, 2.75) is 12.8 Å². The maximum Gasteiger partial charge on any atom is 0.173 e. The minimum Gasteiger partial charge on any atom is -0.394 e. The molecule has 2 unspecified atom stereocenters. The third-order valence-corrected chi connectivity index (χ3v) is 3.53. The van der Waals surface area contributed by atoms with E-state index in [1.165, 1.54) is 6.21 Å². The fourth-order valence-corrected chi connectivity index (χ4v) is 2.42. The second-order valence-electron chi connectivity index (χ2n) is 4.95. The molecule has 5 nitrogen and oxygen atoms in total. The van der Waals surface area contributed by atoms with Crippen LogP contribution < -0.4 is 0 Å². The Morgan fingerprint density at radius 3 is 2.67 bits per heavy atom. The van der Waals surface area contributed by atoms with E-state index in [1.54, 1.807) is 30.3 Å². The van der Waals surface area contributed by atoms with Gasteiger partial charge in [-0.1, -0.05) is 30.3 Å². The zero-order valence-electron chi connectivity index (χ0n) is 11.6. The van der Waals surface area contributed by atoms with Crippen molar-refractivity contribution in [2.75, 3.05) is 13.2 Å². The number of benzene rings is 1. The summed E-state index contributed by atoms with van der Waals surface area (Å²) in [5.41, 5.74) is 0.483. The number of hydrogen-bond donors (Lipinski definition) is 1. The molecule has 0 radical (unpaired) electrons. The Morgan fingerprint density at radius 2 is 2.00 bits per heavy atom. The number of Topliss-reactive ketones (excluding diaryl/α,β-unsaturated/α-hetero) is 3. The normalized spacial score (nSPS) is 22.7. The molecule has 2 atom stereocenters. The first-order chi connectivity index (χ1) is 10.1. The van der Waals surface area contributed by atoms with E-state index in [-0.39, 0.29) is 43.3 Å². The molecular weight excluding hydrogens is 270 g/mol. The van der Waals surface area contributed by atoms with Crippen LogP contribution in [0.15, 0.2) is 35.3 Å². The molecule has 1 aromatic rings. The molecule has 110 valence electrons. The number of aliphatic hydroxyl groups is 1. The van der Waals surface area contributed by atoms with Crippen molar-refractivity contribution in [1.82, 2.24) is 0 Å². The highest BCUT2D eigenvalue weighted by Gasteiger charge is 2.39. The smallest absolute Gasteiger partial charge is 0.173 e. The van der Waals surface area contributed by atoms with E-state index < -0.39 is 11.8 Å². The second kappa shape index (κ2) is 7.04. The van der Waals surface area contributed by atoms with Crippen LogP contribution in [0.1, 0.15) is 23.2 Å². The zero-order valence-corrected chi connectivity index (χ0v) is 11.6. The number of ketones is 3. The number of rotatable bonds is 5. The average Bonchev–Trinajstić information content (AvgIpc) is 2.51. The van der Waals surface area contributed by atoms with Gasteiger partial charge in [-0.05, 0) is 6.42 Å². The van der Waals surface area contributed by atoms with Crippen LogP contribution in [0.5, 0.6) is 0 Å². The van der Waals surface area contributed by atoms with Gasteiger partial charge in [-0.15, -0.1) is 0 Å². The van der Waals surface area contributed by atoms with E-state index >= 15 is 0 Å². The van der Waals surface area contributed by atoms with Crippen LogP contribution in [0.25, 0.3) is 0 Å². The van der Waals surface area contributed by atoms with Crippen LogP contribution in [-0.2, 0) is 9.59 Å². The SMILES string of the molecule is O=C1CCC(C(=O)c2ccccc2)C(=O)C1C=NCCO. The van der Waals surface area contributed by atoms with Gasteiger partial charge in [-0.25, -0.2) is 0 Å².